The van der Waals surface area contributed by atoms with E-state index in [-0.39, 0.29) is 0 Å². The van der Waals surface area contributed by atoms with Crippen molar-refractivity contribution in [1.82, 2.24) is 10.6 Å². The van der Waals surface area contributed by atoms with Crippen LogP contribution >= 0.6 is 0 Å². The Labute approximate surface area is 189 Å². The fourth-order valence-corrected chi connectivity index (χ4v) is 3.57. The molecule has 0 radical (unpaired) electrons. The number of nitrogens with zero attached hydrogens (tertiary/aromatic N) is 4. The van der Waals surface area contributed by atoms with E-state index in [4.69, 9.17) is 0 Å². The number of piperidine rings is 1. The number of nitrogens with one attached hydrogen (secondary N) is 2. The molecule has 0 unspecified atom stereocenters. The van der Waals surface area contributed by atoms with E-state index in [9.17, 15) is 0 Å². The highest BCUT2D eigenvalue weighted by molar-refractivity contribution is 6.53. The summed E-state index contributed by atoms with van der Waals surface area (Å²) in [6.45, 7) is 2.84. The number of hydrogen-bond acceptors (Lipinski definition) is 6. The predicted octanol–water partition coefficient (Wildman–Crippen LogP) is 3.98. The molecule has 0 atom stereocenters. The summed E-state index contributed by atoms with van der Waals surface area (Å²) in [4.78, 5) is 0. The maximum atomic E-state index is 4.65. The fraction of sp³-hybridized carbons (Fsp3) is 0.231. The summed E-state index contributed by atoms with van der Waals surface area (Å²) in [5.74, 6) is 0.450. The van der Waals surface area contributed by atoms with Crippen molar-refractivity contribution in [3.63, 3.8) is 0 Å². The highest BCUT2D eigenvalue weighted by Gasteiger charge is 2.15. The number of allylic oxidation sites excluding steroid dienone is 2. The largest absolute Gasteiger partial charge is 0.387 e. The van der Waals surface area contributed by atoms with Crippen LogP contribution < -0.4 is 10.6 Å². The minimum atomic E-state index is 0.450. The Morgan fingerprint density at radius 2 is 1.44 bits per heavy atom. The smallest absolute Gasteiger partial charge is 0.121 e. The summed E-state index contributed by atoms with van der Waals surface area (Å²) in [5, 5.41) is 24.7. The summed E-state index contributed by atoms with van der Waals surface area (Å²) in [6, 6.07) is 20.1. The molecule has 4 rings (SSSR count). The molecule has 2 aliphatic rings. The Balaban J connectivity index is 1.70. The maximum Gasteiger partial charge on any atom is 0.121 e. The minimum Gasteiger partial charge on any atom is -0.387 e. The molecule has 2 aromatic rings. The molecule has 0 spiro atoms. The molecule has 1 fully saturated rings. The number of hydrogen-bond donors (Lipinski definition) is 2. The number of rotatable bonds is 7. The van der Waals surface area contributed by atoms with Gasteiger partial charge < -0.3 is 10.6 Å². The Bertz CT molecular complexity index is 1040. The summed E-state index contributed by atoms with van der Waals surface area (Å²) in [7, 11) is 0. The van der Waals surface area contributed by atoms with Gasteiger partial charge in [0.2, 0.25) is 0 Å². The van der Waals surface area contributed by atoms with Crippen molar-refractivity contribution < 1.29 is 0 Å². The van der Waals surface area contributed by atoms with E-state index in [2.05, 4.69) is 37.1 Å². The molecule has 162 valence electrons. The van der Waals surface area contributed by atoms with Gasteiger partial charge in [0.1, 0.15) is 11.4 Å². The lowest BCUT2D eigenvalue weighted by Gasteiger charge is -2.18. The van der Waals surface area contributed by atoms with Gasteiger partial charge in [0.05, 0.1) is 6.21 Å². The van der Waals surface area contributed by atoms with Gasteiger partial charge in [-0.05, 0) is 49.7 Å². The SMILES string of the molecule is C1=CC(C=NN=C(C(=NN=CC2CCNCC2)c2ccccc2)c2ccccc2)=CCN1. The van der Waals surface area contributed by atoms with E-state index in [0.29, 0.717) is 17.3 Å². The molecule has 2 N–H and O–H groups in total. The standard InChI is InChI=1S/C26H28N6/c1-3-7-23(8-4-1)25(31-29-19-21-11-15-27-16-12-21)26(24-9-5-2-6-10-24)32-30-20-22-13-17-28-18-14-22/h1-12,15,19-20,22,27-28H,13-14,16-18H2. The first-order valence-corrected chi connectivity index (χ1v) is 11.0. The molecule has 0 aromatic heterocycles. The molecule has 6 nitrogen and oxygen atoms in total. The zero-order valence-corrected chi connectivity index (χ0v) is 18.1. The summed E-state index contributed by atoms with van der Waals surface area (Å²) in [5.41, 5.74) is 4.30. The van der Waals surface area contributed by atoms with Gasteiger partial charge in [0, 0.05) is 23.9 Å². The third kappa shape index (κ3) is 6.18. The highest BCUT2D eigenvalue weighted by Crippen LogP contribution is 2.13. The van der Waals surface area contributed by atoms with E-state index in [0.717, 1.165) is 49.2 Å². The van der Waals surface area contributed by atoms with Crippen molar-refractivity contribution in [3.8, 4) is 0 Å². The van der Waals surface area contributed by atoms with Crippen LogP contribution in [0.2, 0.25) is 0 Å². The van der Waals surface area contributed by atoms with Crippen molar-refractivity contribution in [2.75, 3.05) is 19.6 Å². The van der Waals surface area contributed by atoms with Gasteiger partial charge in [-0.1, -0.05) is 66.7 Å². The van der Waals surface area contributed by atoms with Crippen LogP contribution in [0.15, 0.2) is 105 Å². The minimum absolute atomic E-state index is 0.450. The molecule has 0 bridgehead atoms. The van der Waals surface area contributed by atoms with Gasteiger partial charge >= 0.3 is 0 Å². The Morgan fingerprint density at radius 3 is 2.03 bits per heavy atom. The van der Waals surface area contributed by atoms with Gasteiger partial charge in [-0.3, -0.25) is 0 Å². The van der Waals surface area contributed by atoms with Crippen molar-refractivity contribution in [2.24, 2.45) is 26.3 Å². The lowest BCUT2D eigenvalue weighted by atomic mass is 9.99. The predicted molar refractivity (Wildman–Crippen MR) is 134 cm³/mol. The van der Waals surface area contributed by atoms with Gasteiger partial charge in [-0.2, -0.15) is 10.2 Å². The zero-order chi connectivity index (χ0) is 21.8. The van der Waals surface area contributed by atoms with Crippen molar-refractivity contribution >= 4 is 23.9 Å². The van der Waals surface area contributed by atoms with Gasteiger partial charge in [-0.15, -0.1) is 10.2 Å². The summed E-state index contributed by atoms with van der Waals surface area (Å²) in [6.07, 6.45) is 11.9. The van der Waals surface area contributed by atoms with E-state index < -0.39 is 0 Å². The van der Waals surface area contributed by atoms with Crippen LogP contribution in [0.25, 0.3) is 0 Å². The van der Waals surface area contributed by atoms with Crippen LogP contribution in [0.5, 0.6) is 0 Å². The second-order valence-corrected chi connectivity index (χ2v) is 7.67. The van der Waals surface area contributed by atoms with Gasteiger partial charge in [0.15, 0.2) is 0 Å². The van der Waals surface area contributed by atoms with Crippen molar-refractivity contribution in [3.05, 3.63) is 95.7 Å². The third-order valence-corrected chi connectivity index (χ3v) is 5.35. The molecule has 0 aliphatic carbocycles. The van der Waals surface area contributed by atoms with Crippen LogP contribution in [0.4, 0.5) is 0 Å². The van der Waals surface area contributed by atoms with Gasteiger partial charge in [-0.25, -0.2) is 0 Å². The molecule has 6 heteroatoms. The van der Waals surface area contributed by atoms with Crippen molar-refractivity contribution in [2.45, 2.75) is 12.8 Å². The lowest BCUT2D eigenvalue weighted by Crippen LogP contribution is -2.28. The first kappa shape index (κ1) is 21.6. The van der Waals surface area contributed by atoms with E-state index >= 15 is 0 Å². The Kier molecular flexibility index (Phi) is 7.87. The van der Waals surface area contributed by atoms with Crippen LogP contribution in [0.1, 0.15) is 24.0 Å². The van der Waals surface area contributed by atoms with E-state index in [1.54, 1.807) is 6.21 Å². The molecular formula is C26H28N6. The van der Waals surface area contributed by atoms with E-state index in [1.807, 2.05) is 79.2 Å². The second kappa shape index (κ2) is 11.7. The molecule has 0 saturated carbocycles. The van der Waals surface area contributed by atoms with Crippen molar-refractivity contribution in [1.29, 1.82) is 0 Å². The average molecular weight is 425 g/mol. The van der Waals surface area contributed by atoms with Crippen LogP contribution in [-0.2, 0) is 0 Å². The first-order valence-electron chi connectivity index (χ1n) is 11.0. The Morgan fingerprint density at radius 1 is 0.812 bits per heavy atom. The average Bonchev–Trinajstić information content (AvgIpc) is 2.87. The molecule has 2 aromatic carbocycles. The van der Waals surface area contributed by atoms with E-state index in [1.165, 1.54) is 0 Å². The van der Waals surface area contributed by atoms with Crippen LogP contribution in [-0.4, -0.2) is 43.5 Å². The Hall–Kier alpha value is -3.64. The summed E-state index contributed by atoms with van der Waals surface area (Å²) >= 11 is 0. The first-order chi connectivity index (χ1) is 15.9. The zero-order valence-electron chi connectivity index (χ0n) is 18.1. The quantitative estimate of drug-likeness (QED) is 0.521. The highest BCUT2D eigenvalue weighted by atomic mass is 15.2. The number of benzene rings is 2. The van der Waals surface area contributed by atoms with Gasteiger partial charge in [0.25, 0.3) is 0 Å². The monoisotopic (exact) mass is 424 g/mol. The fourth-order valence-electron chi connectivity index (χ4n) is 3.57. The summed E-state index contributed by atoms with van der Waals surface area (Å²) < 4.78 is 0. The number of dihydropyridines is 1. The normalized spacial score (nSPS) is 18.2. The van der Waals surface area contributed by atoms with Crippen LogP contribution in [0.3, 0.4) is 0 Å². The molecule has 0 amide bonds. The second-order valence-electron chi connectivity index (χ2n) is 7.67. The third-order valence-electron chi connectivity index (χ3n) is 5.35. The molecule has 1 saturated heterocycles. The van der Waals surface area contributed by atoms with Crippen LogP contribution in [0, 0.1) is 5.92 Å². The molecule has 2 heterocycles. The molecule has 2 aliphatic heterocycles. The lowest BCUT2D eigenvalue weighted by molar-refractivity contribution is 0.462. The maximum absolute atomic E-state index is 4.65. The molecular weight excluding hydrogens is 396 g/mol. The molecule has 32 heavy (non-hydrogen) atoms. The topological polar surface area (TPSA) is 73.5 Å².